The lowest BCUT2D eigenvalue weighted by atomic mass is 10.2. The highest BCUT2D eigenvalue weighted by atomic mass is 35.5. The minimum Gasteiger partial charge on any atom is -0.463 e. The predicted molar refractivity (Wildman–Crippen MR) is 102 cm³/mol. The van der Waals surface area contributed by atoms with Crippen LogP contribution in [0.2, 0.25) is 10.0 Å². The van der Waals surface area contributed by atoms with Crippen molar-refractivity contribution in [1.29, 1.82) is 0 Å². The van der Waals surface area contributed by atoms with Crippen molar-refractivity contribution in [2.24, 2.45) is 0 Å². The molecule has 3 rings (SSSR count). The first kappa shape index (κ1) is 17.5. The number of benzene rings is 1. The zero-order chi connectivity index (χ0) is 16.9. The van der Waals surface area contributed by atoms with Gasteiger partial charge in [0.2, 0.25) is 0 Å². The van der Waals surface area contributed by atoms with Crippen LogP contribution in [0.1, 0.15) is 24.6 Å². The number of halogens is 2. The maximum atomic E-state index is 6.01. The Morgan fingerprint density at radius 1 is 1.21 bits per heavy atom. The fraction of sp³-hybridized carbons (Fsp3) is 0.353. The molecule has 1 aliphatic rings. The molecule has 0 spiro atoms. The Bertz CT molecular complexity index is 667. The zero-order valence-corrected chi connectivity index (χ0v) is 15.5. The minimum absolute atomic E-state index is 0.255. The van der Waals surface area contributed by atoms with Crippen LogP contribution in [0.25, 0.3) is 0 Å². The Hall–Kier alpha value is -1.27. The van der Waals surface area contributed by atoms with Crippen LogP contribution in [-0.4, -0.2) is 24.7 Å². The molecule has 0 bridgehead atoms. The predicted octanol–water partition coefficient (Wildman–Crippen LogP) is 3.29. The highest BCUT2D eigenvalue weighted by Gasteiger charge is 2.29. The monoisotopic (exact) mass is 384 g/mol. The maximum absolute atomic E-state index is 6.01. The molecular formula is C17H20Cl2N3OS+. The first-order valence-corrected chi connectivity index (χ1v) is 9.17. The van der Waals surface area contributed by atoms with E-state index in [1.54, 1.807) is 24.5 Å². The largest absolute Gasteiger partial charge is 0.463 e. The van der Waals surface area contributed by atoms with Crippen molar-refractivity contribution in [2.45, 2.75) is 18.9 Å². The van der Waals surface area contributed by atoms with Gasteiger partial charge in [0.15, 0.2) is 16.9 Å². The van der Waals surface area contributed by atoms with Gasteiger partial charge in [-0.05, 0) is 42.5 Å². The second-order valence-electron chi connectivity index (χ2n) is 5.93. The van der Waals surface area contributed by atoms with Gasteiger partial charge >= 0.3 is 0 Å². The Balaban J connectivity index is 1.60. The van der Waals surface area contributed by atoms with Gasteiger partial charge in [0, 0.05) is 28.6 Å². The molecule has 0 aliphatic carbocycles. The van der Waals surface area contributed by atoms with E-state index in [1.807, 2.05) is 12.1 Å². The molecule has 2 aromatic rings. The van der Waals surface area contributed by atoms with E-state index in [9.17, 15) is 0 Å². The molecular weight excluding hydrogens is 365 g/mol. The summed E-state index contributed by atoms with van der Waals surface area (Å²) in [7, 11) is 0. The van der Waals surface area contributed by atoms with Crippen molar-refractivity contribution in [3.8, 4) is 0 Å². The smallest absolute Gasteiger partial charge is 0.171 e. The highest BCUT2D eigenvalue weighted by molar-refractivity contribution is 7.80. The Kier molecular flexibility index (Phi) is 6.00. The lowest BCUT2D eigenvalue weighted by molar-refractivity contribution is -0.919. The van der Waals surface area contributed by atoms with Gasteiger partial charge in [-0.25, -0.2) is 0 Å². The fourth-order valence-electron chi connectivity index (χ4n) is 3.11. The Morgan fingerprint density at radius 2 is 1.92 bits per heavy atom. The summed E-state index contributed by atoms with van der Waals surface area (Å²) in [4.78, 5) is 1.53. The van der Waals surface area contributed by atoms with Gasteiger partial charge in [-0.15, -0.1) is 0 Å². The molecule has 1 atom stereocenters. The molecule has 0 amide bonds. The van der Waals surface area contributed by atoms with E-state index < -0.39 is 0 Å². The van der Waals surface area contributed by atoms with Crippen molar-refractivity contribution < 1.29 is 9.32 Å². The van der Waals surface area contributed by atoms with Crippen LogP contribution in [0.15, 0.2) is 41.0 Å². The number of furan rings is 1. The topological polar surface area (TPSA) is 41.6 Å². The van der Waals surface area contributed by atoms with Crippen molar-refractivity contribution in [2.75, 3.05) is 25.0 Å². The highest BCUT2D eigenvalue weighted by Crippen LogP contribution is 2.22. The van der Waals surface area contributed by atoms with E-state index in [0.29, 0.717) is 21.7 Å². The molecule has 1 aliphatic heterocycles. The number of likely N-dealkylation sites (tertiary alicyclic amines) is 1. The van der Waals surface area contributed by atoms with E-state index in [-0.39, 0.29) is 6.04 Å². The molecule has 1 aromatic carbocycles. The van der Waals surface area contributed by atoms with Gasteiger partial charge < -0.3 is 20.0 Å². The van der Waals surface area contributed by atoms with Crippen LogP contribution in [0.5, 0.6) is 0 Å². The normalized spacial score (nSPS) is 16.1. The zero-order valence-electron chi connectivity index (χ0n) is 13.1. The minimum atomic E-state index is 0.255. The average molecular weight is 385 g/mol. The Labute approximate surface area is 157 Å². The number of nitrogens with one attached hydrogen (secondary N) is 3. The molecule has 1 saturated heterocycles. The maximum Gasteiger partial charge on any atom is 0.171 e. The summed E-state index contributed by atoms with van der Waals surface area (Å²) in [6.45, 7) is 3.04. The number of anilines is 1. The van der Waals surface area contributed by atoms with Crippen molar-refractivity contribution >= 4 is 46.2 Å². The summed E-state index contributed by atoms with van der Waals surface area (Å²) >= 11 is 17.4. The average Bonchev–Trinajstić information content (AvgIpc) is 3.19. The first-order chi connectivity index (χ1) is 11.6. The van der Waals surface area contributed by atoms with Crippen LogP contribution in [-0.2, 0) is 0 Å². The number of thiocarbonyl (C=S) groups is 1. The molecule has 1 aromatic heterocycles. The van der Waals surface area contributed by atoms with Crippen LogP contribution >= 0.6 is 35.4 Å². The second-order valence-corrected chi connectivity index (χ2v) is 7.21. The first-order valence-electron chi connectivity index (χ1n) is 8.01. The van der Waals surface area contributed by atoms with Crippen LogP contribution in [0.4, 0.5) is 5.69 Å². The number of rotatable bonds is 5. The van der Waals surface area contributed by atoms with Crippen LogP contribution < -0.4 is 15.5 Å². The van der Waals surface area contributed by atoms with E-state index in [4.69, 9.17) is 39.8 Å². The van der Waals surface area contributed by atoms with Gasteiger partial charge in [-0.3, -0.25) is 0 Å². The fourth-order valence-corrected chi connectivity index (χ4v) is 3.84. The quantitative estimate of drug-likeness (QED) is 0.691. The summed E-state index contributed by atoms with van der Waals surface area (Å²) < 4.78 is 5.63. The molecule has 7 heteroatoms. The summed E-state index contributed by atoms with van der Waals surface area (Å²) in [5, 5.41) is 8.10. The summed E-state index contributed by atoms with van der Waals surface area (Å²) in [6, 6.07) is 9.49. The van der Waals surface area contributed by atoms with E-state index in [1.165, 1.54) is 17.7 Å². The van der Waals surface area contributed by atoms with Crippen LogP contribution in [0.3, 0.4) is 0 Å². The van der Waals surface area contributed by atoms with E-state index >= 15 is 0 Å². The summed E-state index contributed by atoms with van der Waals surface area (Å²) in [5.74, 6) is 0.994. The summed E-state index contributed by atoms with van der Waals surface area (Å²) in [6.07, 6.45) is 4.24. The second kappa shape index (κ2) is 8.21. The number of hydrogen-bond donors (Lipinski definition) is 3. The molecule has 24 heavy (non-hydrogen) atoms. The molecule has 0 saturated carbocycles. The third kappa shape index (κ3) is 4.63. The van der Waals surface area contributed by atoms with Crippen molar-refractivity contribution in [1.82, 2.24) is 5.32 Å². The third-order valence-electron chi connectivity index (χ3n) is 4.21. The standard InChI is InChI=1S/C17H19Cl2N3OS/c18-12-8-13(19)10-14(9-12)21-17(24)20-11-15(16-4-3-7-23-16)22-5-1-2-6-22/h3-4,7-10,15H,1-2,5-6,11H2,(H2,20,21,24)/p+1/t15-/m1/s1. The summed E-state index contributed by atoms with van der Waals surface area (Å²) in [5.41, 5.74) is 0.771. The van der Waals surface area contributed by atoms with Crippen molar-refractivity contribution in [3.63, 3.8) is 0 Å². The van der Waals surface area contributed by atoms with Gasteiger partial charge in [0.05, 0.1) is 25.9 Å². The third-order valence-corrected chi connectivity index (χ3v) is 4.90. The lowest BCUT2D eigenvalue weighted by Gasteiger charge is -2.23. The molecule has 0 unspecified atom stereocenters. The van der Waals surface area contributed by atoms with Gasteiger partial charge in [0.25, 0.3) is 0 Å². The SMILES string of the molecule is S=C(NC[C@H](c1ccco1)[NH+]1CCCC1)Nc1cc(Cl)cc(Cl)c1. The molecule has 128 valence electrons. The van der Waals surface area contributed by atoms with Gasteiger partial charge in [-0.2, -0.15) is 0 Å². The molecule has 3 N–H and O–H groups in total. The van der Waals surface area contributed by atoms with E-state index in [0.717, 1.165) is 24.5 Å². The van der Waals surface area contributed by atoms with Crippen LogP contribution in [0, 0.1) is 0 Å². The lowest BCUT2D eigenvalue weighted by Crippen LogP contribution is -3.11. The Morgan fingerprint density at radius 3 is 2.54 bits per heavy atom. The molecule has 1 fully saturated rings. The molecule has 2 heterocycles. The van der Waals surface area contributed by atoms with Gasteiger partial charge in [0.1, 0.15) is 0 Å². The van der Waals surface area contributed by atoms with Crippen molar-refractivity contribution in [3.05, 3.63) is 52.4 Å². The molecule has 4 nitrogen and oxygen atoms in total. The molecule has 0 radical (unpaired) electrons. The van der Waals surface area contributed by atoms with E-state index in [2.05, 4.69) is 10.6 Å². The number of quaternary nitrogens is 1. The number of hydrogen-bond acceptors (Lipinski definition) is 2. The van der Waals surface area contributed by atoms with Gasteiger partial charge in [-0.1, -0.05) is 23.2 Å².